The van der Waals surface area contributed by atoms with Gasteiger partial charge in [0.2, 0.25) is 5.56 Å². The molecule has 1 aromatic heterocycles. The maximum atomic E-state index is 12.0. The van der Waals surface area contributed by atoms with E-state index in [-0.39, 0.29) is 24.1 Å². The second-order valence-electron chi connectivity index (χ2n) is 4.14. The summed E-state index contributed by atoms with van der Waals surface area (Å²) in [6.07, 6.45) is 0.413. The number of hydrogen-bond acceptors (Lipinski definition) is 4. The summed E-state index contributed by atoms with van der Waals surface area (Å²) in [5.41, 5.74) is -0.155. The van der Waals surface area contributed by atoms with E-state index in [9.17, 15) is 19.5 Å². The average Bonchev–Trinajstić information content (AvgIpc) is 2.71. The summed E-state index contributed by atoms with van der Waals surface area (Å²) in [5, 5.41) is 18.4. The number of H-pyrrole nitrogens is 1. The SMILES string of the molecule is O=C(O)[C@@H]1CC(O)CN1C(=O)c1ccc(=O)[nH]c1. The third-order valence-corrected chi connectivity index (χ3v) is 2.86. The number of hydrogen-bond donors (Lipinski definition) is 3. The van der Waals surface area contributed by atoms with Crippen LogP contribution in [-0.4, -0.2) is 50.7 Å². The number of nitrogens with zero attached hydrogens (tertiary/aromatic N) is 1. The second-order valence-corrected chi connectivity index (χ2v) is 4.14. The fourth-order valence-corrected chi connectivity index (χ4v) is 1.98. The fourth-order valence-electron chi connectivity index (χ4n) is 1.98. The van der Waals surface area contributed by atoms with Gasteiger partial charge in [-0.05, 0) is 6.07 Å². The molecule has 1 aromatic rings. The molecule has 3 N–H and O–H groups in total. The van der Waals surface area contributed by atoms with Crippen LogP contribution in [-0.2, 0) is 4.79 Å². The smallest absolute Gasteiger partial charge is 0.326 e. The number of aromatic amines is 1. The summed E-state index contributed by atoms with van der Waals surface area (Å²) in [5.74, 6) is -1.67. The van der Waals surface area contributed by atoms with E-state index >= 15 is 0 Å². The van der Waals surface area contributed by atoms with Crippen molar-refractivity contribution in [2.45, 2.75) is 18.6 Å². The lowest BCUT2D eigenvalue weighted by Crippen LogP contribution is -2.40. The molecule has 2 heterocycles. The first-order chi connectivity index (χ1) is 8.49. The van der Waals surface area contributed by atoms with E-state index in [0.717, 1.165) is 4.90 Å². The summed E-state index contributed by atoms with van der Waals surface area (Å²) in [6.45, 7) is -0.0189. The van der Waals surface area contributed by atoms with Crippen LogP contribution < -0.4 is 5.56 Å². The molecular formula is C11H12N2O5. The number of carboxylic acids is 1. The highest BCUT2D eigenvalue weighted by Crippen LogP contribution is 2.20. The Labute approximate surface area is 102 Å². The van der Waals surface area contributed by atoms with Crippen molar-refractivity contribution >= 4 is 11.9 Å². The standard InChI is InChI=1S/C11H12N2O5/c14-7-3-8(11(17)18)13(5-7)10(16)6-1-2-9(15)12-4-6/h1-2,4,7-8,14H,3,5H2,(H,12,15)(H,17,18)/t7?,8-/m0/s1. The van der Waals surface area contributed by atoms with Crippen molar-refractivity contribution < 1.29 is 19.8 Å². The van der Waals surface area contributed by atoms with Gasteiger partial charge < -0.3 is 20.1 Å². The second kappa shape index (κ2) is 4.61. The topological polar surface area (TPSA) is 111 Å². The van der Waals surface area contributed by atoms with E-state index in [4.69, 9.17) is 5.11 Å². The minimum atomic E-state index is -1.15. The number of aliphatic hydroxyl groups is 1. The Kier molecular flexibility index (Phi) is 3.15. The number of carbonyl (C=O) groups is 2. The van der Waals surface area contributed by atoms with Crippen molar-refractivity contribution in [3.05, 3.63) is 34.2 Å². The molecule has 1 aliphatic rings. The molecule has 96 valence electrons. The number of likely N-dealkylation sites (tertiary alicyclic amines) is 1. The van der Waals surface area contributed by atoms with Crippen LogP contribution in [0.2, 0.25) is 0 Å². The quantitative estimate of drug-likeness (QED) is 0.627. The Morgan fingerprint density at radius 1 is 1.39 bits per heavy atom. The van der Waals surface area contributed by atoms with Crippen LogP contribution in [0.4, 0.5) is 0 Å². The Bertz CT molecular complexity index is 518. The van der Waals surface area contributed by atoms with Gasteiger partial charge in [-0.1, -0.05) is 0 Å². The highest BCUT2D eigenvalue weighted by molar-refractivity contribution is 5.96. The Hall–Kier alpha value is -2.15. The number of aliphatic carboxylic acids is 1. The molecule has 0 bridgehead atoms. The Morgan fingerprint density at radius 2 is 2.11 bits per heavy atom. The predicted molar refractivity (Wildman–Crippen MR) is 60.1 cm³/mol. The van der Waals surface area contributed by atoms with Gasteiger partial charge in [0, 0.05) is 25.2 Å². The highest BCUT2D eigenvalue weighted by Gasteiger charge is 2.39. The first-order valence-corrected chi connectivity index (χ1v) is 5.39. The normalized spacial score (nSPS) is 23.1. The van der Waals surface area contributed by atoms with Crippen molar-refractivity contribution in [3.8, 4) is 0 Å². The lowest BCUT2D eigenvalue weighted by Gasteiger charge is -2.20. The van der Waals surface area contributed by atoms with Gasteiger partial charge in [-0.3, -0.25) is 9.59 Å². The molecule has 7 nitrogen and oxygen atoms in total. The number of rotatable bonds is 2. The lowest BCUT2D eigenvalue weighted by atomic mass is 10.2. The Morgan fingerprint density at radius 3 is 2.67 bits per heavy atom. The largest absolute Gasteiger partial charge is 0.480 e. The summed E-state index contributed by atoms with van der Waals surface area (Å²) < 4.78 is 0. The van der Waals surface area contributed by atoms with Crippen molar-refractivity contribution in [3.63, 3.8) is 0 Å². The number of nitrogens with one attached hydrogen (secondary N) is 1. The van der Waals surface area contributed by atoms with Gasteiger partial charge in [0.05, 0.1) is 11.7 Å². The number of carboxylic acid groups (broad SMARTS) is 1. The molecule has 0 saturated carbocycles. The van der Waals surface area contributed by atoms with E-state index < -0.39 is 24.0 Å². The van der Waals surface area contributed by atoms with Crippen LogP contribution in [0.25, 0.3) is 0 Å². The molecular weight excluding hydrogens is 240 g/mol. The van der Waals surface area contributed by atoms with Crippen molar-refractivity contribution in [1.82, 2.24) is 9.88 Å². The lowest BCUT2D eigenvalue weighted by molar-refractivity contribution is -0.141. The molecule has 1 amide bonds. The first-order valence-electron chi connectivity index (χ1n) is 5.39. The average molecular weight is 252 g/mol. The minimum Gasteiger partial charge on any atom is -0.480 e. The van der Waals surface area contributed by atoms with Crippen LogP contribution in [0.5, 0.6) is 0 Å². The van der Waals surface area contributed by atoms with Crippen molar-refractivity contribution in [2.24, 2.45) is 0 Å². The monoisotopic (exact) mass is 252 g/mol. The Balaban J connectivity index is 2.25. The van der Waals surface area contributed by atoms with E-state index in [1.807, 2.05) is 0 Å². The van der Waals surface area contributed by atoms with Gasteiger partial charge in [0.25, 0.3) is 5.91 Å². The van der Waals surface area contributed by atoms with Gasteiger partial charge in [-0.25, -0.2) is 4.79 Å². The number of aliphatic hydroxyl groups excluding tert-OH is 1. The highest BCUT2D eigenvalue weighted by atomic mass is 16.4. The zero-order valence-electron chi connectivity index (χ0n) is 9.37. The molecule has 18 heavy (non-hydrogen) atoms. The predicted octanol–water partition coefficient (Wildman–Crippen LogP) is -0.965. The minimum absolute atomic E-state index is 0.0183. The number of pyridine rings is 1. The van der Waals surface area contributed by atoms with Gasteiger partial charge in [0.1, 0.15) is 6.04 Å². The van der Waals surface area contributed by atoms with Crippen LogP contribution >= 0.6 is 0 Å². The van der Waals surface area contributed by atoms with Gasteiger partial charge in [-0.15, -0.1) is 0 Å². The van der Waals surface area contributed by atoms with E-state index in [1.54, 1.807) is 0 Å². The zero-order valence-corrected chi connectivity index (χ0v) is 9.37. The van der Waals surface area contributed by atoms with Crippen LogP contribution in [0.3, 0.4) is 0 Å². The number of amides is 1. The molecule has 0 radical (unpaired) electrons. The van der Waals surface area contributed by atoms with E-state index in [0.29, 0.717) is 0 Å². The van der Waals surface area contributed by atoms with Crippen LogP contribution in [0.1, 0.15) is 16.8 Å². The number of aromatic nitrogens is 1. The molecule has 1 fully saturated rings. The van der Waals surface area contributed by atoms with Gasteiger partial charge in [0.15, 0.2) is 0 Å². The molecule has 2 rings (SSSR count). The van der Waals surface area contributed by atoms with Crippen molar-refractivity contribution in [2.75, 3.05) is 6.54 Å². The van der Waals surface area contributed by atoms with Crippen LogP contribution in [0, 0.1) is 0 Å². The van der Waals surface area contributed by atoms with E-state index in [1.165, 1.54) is 18.3 Å². The molecule has 0 aliphatic carbocycles. The maximum Gasteiger partial charge on any atom is 0.326 e. The molecule has 0 aromatic carbocycles. The summed E-state index contributed by atoms with van der Waals surface area (Å²) in [4.78, 5) is 37.4. The van der Waals surface area contributed by atoms with Gasteiger partial charge >= 0.3 is 5.97 Å². The summed E-state index contributed by atoms with van der Waals surface area (Å²) in [7, 11) is 0. The number of carbonyl (C=O) groups excluding carboxylic acids is 1. The summed E-state index contributed by atoms with van der Waals surface area (Å²) in [6, 6.07) is 1.49. The third kappa shape index (κ3) is 2.25. The molecule has 7 heteroatoms. The third-order valence-electron chi connectivity index (χ3n) is 2.86. The molecule has 0 spiro atoms. The first kappa shape index (κ1) is 12.3. The summed E-state index contributed by atoms with van der Waals surface area (Å²) >= 11 is 0. The fraction of sp³-hybridized carbons (Fsp3) is 0.364. The maximum absolute atomic E-state index is 12.0. The van der Waals surface area contributed by atoms with Gasteiger partial charge in [-0.2, -0.15) is 0 Å². The molecule has 1 unspecified atom stereocenters. The molecule has 1 saturated heterocycles. The zero-order chi connectivity index (χ0) is 13.3. The molecule has 2 atom stereocenters. The van der Waals surface area contributed by atoms with E-state index in [2.05, 4.69) is 4.98 Å². The van der Waals surface area contributed by atoms with Crippen LogP contribution in [0.15, 0.2) is 23.1 Å². The van der Waals surface area contributed by atoms with Crippen molar-refractivity contribution in [1.29, 1.82) is 0 Å². The molecule has 1 aliphatic heterocycles. The number of β-amino-alcohol motifs (C(OH)–C–C–N with tert-alkyl or cyclic N) is 1.